The predicted molar refractivity (Wildman–Crippen MR) is 99.8 cm³/mol. The maximum absolute atomic E-state index is 12.8. The van der Waals surface area contributed by atoms with Crippen molar-refractivity contribution < 1.29 is 14.3 Å². The minimum atomic E-state index is 0.0666. The Labute approximate surface area is 154 Å². The summed E-state index contributed by atoms with van der Waals surface area (Å²) in [4.78, 5) is 17.1. The van der Waals surface area contributed by atoms with Crippen molar-refractivity contribution in [2.24, 2.45) is 0 Å². The first-order valence-corrected chi connectivity index (χ1v) is 9.16. The molecule has 0 saturated carbocycles. The van der Waals surface area contributed by atoms with Crippen LogP contribution < -0.4 is 9.47 Å². The highest BCUT2D eigenvalue weighted by atomic mass is 16.6. The first-order chi connectivity index (χ1) is 12.7. The average Bonchev–Trinajstić information content (AvgIpc) is 2.69. The van der Waals surface area contributed by atoms with Gasteiger partial charge in [-0.05, 0) is 30.7 Å². The first-order valence-electron chi connectivity index (χ1n) is 9.16. The van der Waals surface area contributed by atoms with Crippen LogP contribution in [0.25, 0.3) is 0 Å². The summed E-state index contributed by atoms with van der Waals surface area (Å²) >= 11 is 0. The van der Waals surface area contributed by atoms with Crippen LogP contribution in [0.3, 0.4) is 0 Å². The number of piperazine rings is 1. The number of benzene rings is 2. The fourth-order valence-corrected chi connectivity index (χ4v) is 3.42. The number of hydrogen-bond acceptors (Lipinski definition) is 4. The van der Waals surface area contributed by atoms with Gasteiger partial charge in [0.1, 0.15) is 13.2 Å². The second-order valence-corrected chi connectivity index (χ2v) is 6.91. The zero-order valence-corrected chi connectivity index (χ0v) is 15.1. The van der Waals surface area contributed by atoms with Crippen LogP contribution in [0.4, 0.5) is 0 Å². The molecule has 0 N–H and O–H groups in total. The molecular formula is C21H24N2O3. The molecule has 5 nitrogen and oxygen atoms in total. The molecule has 26 heavy (non-hydrogen) atoms. The maximum Gasteiger partial charge on any atom is 0.254 e. The van der Waals surface area contributed by atoms with Crippen LogP contribution in [-0.4, -0.2) is 55.1 Å². The van der Waals surface area contributed by atoms with Crippen molar-refractivity contribution in [2.45, 2.75) is 13.5 Å². The van der Waals surface area contributed by atoms with E-state index in [1.165, 1.54) is 11.1 Å². The molecule has 4 rings (SSSR count). The maximum atomic E-state index is 12.8. The van der Waals surface area contributed by atoms with Crippen molar-refractivity contribution in [1.82, 2.24) is 9.80 Å². The number of ether oxygens (including phenoxy) is 2. The third-order valence-electron chi connectivity index (χ3n) is 4.98. The second kappa shape index (κ2) is 7.38. The fraction of sp³-hybridized carbons (Fsp3) is 0.381. The van der Waals surface area contributed by atoms with Crippen LogP contribution in [0.15, 0.2) is 42.5 Å². The number of amides is 1. The summed E-state index contributed by atoms with van der Waals surface area (Å²) < 4.78 is 11.1. The molecule has 136 valence electrons. The lowest BCUT2D eigenvalue weighted by Gasteiger charge is -2.35. The Balaban J connectivity index is 1.35. The average molecular weight is 352 g/mol. The SMILES string of the molecule is Cc1ccc(CN2CCN(C(=O)c3ccc4c(c3)OCCO4)CC2)cc1. The van der Waals surface area contributed by atoms with E-state index in [1.54, 1.807) is 6.07 Å². The molecular weight excluding hydrogens is 328 g/mol. The molecule has 5 heteroatoms. The van der Waals surface area contributed by atoms with Gasteiger partial charge in [-0.2, -0.15) is 0 Å². The lowest BCUT2D eigenvalue weighted by Crippen LogP contribution is -2.48. The minimum Gasteiger partial charge on any atom is -0.486 e. The number of hydrogen-bond donors (Lipinski definition) is 0. The van der Waals surface area contributed by atoms with E-state index in [4.69, 9.17) is 9.47 Å². The molecule has 2 aliphatic rings. The van der Waals surface area contributed by atoms with E-state index < -0.39 is 0 Å². The van der Waals surface area contributed by atoms with E-state index >= 15 is 0 Å². The van der Waals surface area contributed by atoms with Crippen molar-refractivity contribution in [1.29, 1.82) is 0 Å². The normalized spacial score (nSPS) is 17.2. The van der Waals surface area contributed by atoms with Gasteiger partial charge in [0.2, 0.25) is 0 Å². The van der Waals surface area contributed by atoms with Crippen LogP contribution >= 0.6 is 0 Å². The summed E-state index contributed by atoms with van der Waals surface area (Å²) in [5.41, 5.74) is 3.27. The van der Waals surface area contributed by atoms with Gasteiger partial charge in [-0.3, -0.25) is 9.69 Å². The molecule has 1 amide bonds. The van der Waals surface area contributed by atoms with E-state index in [0.29, 0.717) is 24.5 Å². The standard InChI is InChI=1S/C21H24N2O3/c1-16-2-4-17(5-3-16)15-22-8-10-23(11-9-22)21(24)18-6-7-19-20(14-18)26-13-12-25-19/h2-7,14H,8-13,15H2,1H3. The molecule has 2 aromatic rings. The highest BCUT2D eigenvalue weighted by molar-refractivity contribution is 5.95. The number of carbonyl (C=O) groups excluding carboxylic acids is 1. The van der Waals surface area contributed by atoms with Gasteiger partial charge in [0.05, 0.1) is 0 Å². The zero-order chi connectivity index (χ0) is 17.9. The molecule has 0 unspecified atom stereocenters. The second-order valence-electron chi connectivity index (χ2n) is 6.91. The molecule has 0 bridgehead atoms. The number of fused-ring (bicyclic) bond motifs is 1. The Kier molecular flexibility index (Phi) is 4.80. The van der Waals surface area contributed by atoms with Crippen molar-refractivity contribution in [3.05, 3.63) is 59.2 Å². The minimum absolute atomic E-state index is 0.0666. The summed E-state index contributed by atoms with van der Waals surface area (Å²) in [7, 11) is 0. The third-order valence-corrected chi connectivity index (χ3v) is 4.98. The summed E-state index contributed by atoms with van der Waals surface area (Å²) in [6.07, 6.45) is 0. The zero-order valence-electron chi connectivity index (χ0n) is 15.1. The molecule has 0 radical (unpaired) electrons. The first kappa shape index (κ1) is 16.9. The fourth-order valence-electron chi connectivity index (χ4n) is 3.42. The van der Waals surface area contributed by atoms with Crippen LogP contribution in [-0.2, 0) is 6.54 Å². The molecule has 0 spiro atoms. The van der Waals surface area contributed by atoms with E-state index in [9.17, 15) is 4.79 Å². The number of rotatable bonds is 3. The van der Waals surface area contributed by atoms with Crippen LogP contribution in [0.5, 0.6) is 11.5 Å². The molecule has 1 fully saturated rings. The van der Waals surface area contributed by atoms with E-state index in [2.05, 4.69) is 36.1 Å². The quantitative estimate of drug-likeness (QED) is 0.852. The van der Waals surface area contributed by atoms with Gasteiger partial charge in [-0.1, -0.05) is 29.8 Å². The van der Waals surface area contributed by atoms with Gasteiger partial charge in [-0.15, -0.1) is 0 Å². The van der Waals surface area contributed by atoms with Crippen molar-refractivity contribution in [3.63, 3.8) is 0 Å². The van der Waals surface area contributed by atoms with Crippen molar-refractivity contribution in [3.8, 4) is 11.5 Å². The molecule has 2 aliphatic heterocycles. The van der Waals surface area contributed by atoms with Gasteiger partial charge in [0.15, 0.2) is 11.5 Å². The summed E-state index contributed by atoms with van der Waals surface area (Å²) in [6.45, 7) is 7.41. The highest BCUT2D eigenvalue weighted by Crippen LogP contribution is 2.31. The Morgan fingerprint density at radius 2 is 1.62 bits per heavy atom. The van der Waals surface area contributed by atoms with Gasteiger partial charge in [0.25, 0.3) is 5.91 Å². The Morgan fingerprint density at radius 3 is 2.35 bits per heavy atom. The smallest absolute Gasteiger partial charge is 0.254 e. The number of nitrogens with zero attached hydrogens (tertiary/aromatic N) is 2. The van der Waals surface area contributed by atoms with Gasteiger partial charge >= 0.3 is 0 Å². The van der Waals surface area contributed by atoms with Crippen molar-refractivity contribution in [2.75, 3.05) is 39.4 Å². The third kappa shape index (κ3) is 3.68. The Hall–Kier alpha value is -2.53. The lowest BCUT2D eigenvalue weighted by atomic mass is 10.1. The summed E-state index contributed by atoms with van der Waals surface area (Å²) in [6, 6.07) is 14.1. The molecule has 0 aromatic heterocycles. The van der Waals surface area contributed by atoms with Crippen LogP contribution in [0.1, 0.15) is 21.5 Å². The largest absolute Gasteiger partial charge is 0.486 e. The highest BCUT2D eigenvalue weighted by Gasteiger charge is 2.23. The van der Waals surface area contributed by atoms with E-state index in [1.807, 2.05) is 17.0 Å². The molecule has 2 aromatic carbocycles. The van der Waals surface area contributed by atoms with Gasteiger partial charge in [-0.25, -0.2) is 0 Å². The molecule has 0 atom stereocenters. The van der Waals surface area contributed by atoms with Gasteiger partial charge in [0, 0.05) is 38.3 Å². The summed E-state index contributed by atoms with van der Waals surface area (Å²) in [5, 5.41) is 0. The van der Waals surface area contributed by atoms with E-state index in [0.717, 1.165) is 38.5 Å². The monoisotopic (exact) mass is 352 g/mol. The van der Waals surface area contributed by atoms with Crippen LogP contribution in [0, 0.1) is 6.92 Å². The number of carbonyl (C=O) groups is 1. The van der Waals surface area contributed by atoms with E-state index in [-0.39, 0.29) is 5.91 Å². The van der Waals surface area contributed by atoms with Gasteiger partial charge < -0.3 is 14.4 Å². The lowest BCUT2D eigenvalue weighted by molar-refractivity contribution is 0.0627. The predicted octanol–water partition coefficient (Wildman–Crippen LogP) is 2.72. The van der Waals surface area contributed by atoms with Crippen LogP contribution in [0.2, 0.25) is 0 Å². The molecule has 2 heterocycles. The topological polar surface area (TPSA) is 42.0 Å². The Morgan fingerprint density at radius 1 is 0.923 bits per heavy atom. The summed E-state index contributed by atoms with van der Waals surface area (Å²) in [5.74, 6) is 1.45. The Bertz CT molecular complexity index is 780. The molecule has 0 aliphatic carbocycles. The number of aryl methyl sites for hydroxylation is 1. The molecule has 1 saturated heterocycles. The van der Waals surface area contributed by atoms with Crippen molar-refractivity contribution >= 4 is 5.91 Å².